The summed E-state index contributed by atoms with van der Waals surface area (Å²) in [5, 5.41) is 14.3. The minimum absolute atomic E-state index is 0.280. The zero-order chi connectivity index (χ0) is 15.6. The number of rotatable bonds is 4. The van der Waals surface area contributed by atoms with Gasteiger partial charge in [-0.25, -0.2) is 0 Å². The van der Waals surface area contributed by atoms with Crippen molar-refractivity contribution >= 4 is 0 Å². The highest BCUT2D eigenvalue weighted by molar-refractivity contribution is 5.28. The maximum Gasteiger partial charge on any atom is 0.573 e. The van der Waals surface area contributed by atoms with Gasteiger partial charge in [0.25, 0.3) is 0 Å². The Balaban J connectivity index is 2.05. The third kappa shape index (κ3) is 4.22. The predicted molar refractivity (Wildman–Crippen MR) is 69.7 cm³/mol. The lowest BCUT2D eigenvalue weighted by atomic mass is 10.1. The van der Waals surface area contributed by atoms with Gasteiger partial charge in [0.2, 0.25) is 0 Å². The number of nitrogens with zero attached hydrogens (tertiary/aromatic N) is 2. The highest BCUT2D eigenvalue weighted by Crippen LogP contribution is 2.24. The fraction of sp³-hybridized carbons (Fsp3) is 0.357. The van der Waals surface area contributed by atoms with Crippen LogP contribution >= 0.6 is 0 Å². The number of benzene rings is 1. The topological polar surface area (TPSA) is 47.3 Å². The Kier molecular flexibility index (Phi) is 4.22. The number of halogens is 3. The molecule has 1 atom stereocenters. The van der Waals surface area contributed by atoms with E-state index < -0.39 is 12.5 Å². The number of aromatic nitrogens is 2. The van der Waals surface area contributed by atoms with Crippen LogP contribution in [0.3, 0.4) is 0 Å². The van der Waals surface area contributed by atoms with E-state index >= 15 is 0 Å². The van der Waals surface area contributed by atoms with E-state index in [-0.39, 0.29) is 12.2 Å². The second-order valence-electron chi connectivity index (χ2n) is 4.75. The smallest absolute Gasteiger partial charge is 0.406 e. The monoisotopic (exact) mass is 300 g/mol. The molecule has 1 unspecified atom stereocenters. The first kappa shape index (κ1) is 15.4. The summed E-state index contributed by atoms with van der Waals surface area (Å²) in [6, 6.07) is 7.21. The van der Waals surface area contributed by atoms with Crippen LogP contribution in [-0.4, -0.2) is 21.2 Å². The van der Waals surface area contributed by atoms with Gasteiger partial charge >= 0.3 is 6.36 Å². The van der Waals surface area contributed by atoms with Crippen molar-refractivity contribution in [3.63, 3.8) is 0 Å². The number of hydrogen-bond acceptors (Lipinski definition) is 3. The predicted octanol–water partition coefficient (Wildman–Crippen LogP) is 2.90. The Labute approximate surface area is 119 Å². The van der Waals surface area contributed by atoms with Crippen molar-refractivity contribution < 1.29 is 23.0 Å². The number of ether oxygens (including phenoxy) is 1. The van der Waals surface area contributed by atoms with Gasteiger partial charge in [0.05, 0.1) is 17.5 Å². The van der Waals surface area contributed by atoms with Gasteiger partial charge in [-0.05, 0) is 30.7 Å². The molecule has 0 aliphatic heterocycles. The fourth-order valence-electron chi connectivity index (χ4n) is 2.10. The molecule has 0 bridgehead atoms. The van der Waals surface area contributed by atoms with Gasteiger partial charge in [0, 0.05) is 13.5 Å². The van der Waals surface area contributed by atoms with Crippen LogP contribution in [0.15, 0.2) is 30.3 Å². The van der Waals surface area contributed by atoms with Crippen LogP contribution < -0.4 is 4.74 Å². The summed E-state index contributed by atoms with van der Waals surface area (Å²) < 4.78 is 41.5. The van der Waals surface area contributed by atoms with Crippen molar-refractivity contribution in [2.75, 3.05) is 0 Å². The van der Waals surface area contributed by atoms with E-state index in [0.717, 1.165) is 5.69 Å². The number of alkyl halides is 3. The van der Waals surface area contributed by atoms with E-state index in [0.29, 0.717) is 11.3 Å². The van der Waals surface area contributed by atoms with Crippen LogP contribution in [0.2, 0.25) is 0 Å². The van der Waals surface area contributed by atoms with Crippen molar-refractivity contribution in [2.24, 2.45) is 7.05 Å². The van der Waals surface area contributed by atoms with Gasteiger partial charge in [0.15, 0.2) is 0 Å². The minimum Gasteiger partial charge on any atom is -0.406 e. The first-order valence-corrected chi connectivity index (χ1v) is 6.28. The molecule has 4 nitrogen and oxygen atoms in total. The normalized spacial score (nSPS) is 13.2. The molecule has 0 saturated heterocycles. The molecule has 0 aliphatic rings. The largest absolute Gasteiger partial charge is 0.573 e. The summed E-state index contributed by atoms with van der Waals surface area (Å²) in [6.07, 6.45) is -5.19. The Morgan fingerprint density at radius 3 is 2.38 bits per heavy atom. The molecule has 0 radical (unpaired) electrons. The average Bonchev–Trinajstić information content (AvgIpc) is 2.69. The molecule has 1 aromatic heterocycles. The first-order chi connectivity index (χ1) is 9.74. The fourth-order valence-corrected chi connectivity index (χ4v) is 2.10. The van der Waals surface area contributed by atoms with Gasteiger partial charge in [-0.1, -0.05) is 12.1 Å². The summed E-state index contributed by atoms with van der Waals surface area (Å²) >= 11 is 0. The highest BCUT2D eigenvalue weighted by Gasteiger charge is 2.30. The van der Waals surface area contributed by atoms with Crippen molar-refractivity contribution in [3.05, 3.63) is 47.3 Å². The molecule has 21 heavy (non-hydrogen) atoms. The Bertz CT molecular complexity index is 606. The number of hydrogen-bond donors (Lipinski definition) is 1. The van der Waals surface area contributed by atoms with Crippen LogP contribution in [0, 0.1) is 6.92 Å². The van der Waals surface area contributed by atoms with Gasteiger partial charge in [0.1, 0.15) is 5.75 Å². The van der Waals surface area contributed by atoms with Gasteiger partial charge in [-0.2, -0.15) is 5.10 Å². The third-order valence-corrected chi connectivity index (χ3v) is 2.97. The molecule has 0 saturated carbocycles. The minimum atomic E-state index is -4.70. The molecule has 1 aromatic carbocycles. The van der Waals surface area contributed by atoms with E-state index in [4.69, 9.17) is 0 Å². The zero-order valence-electron chi connectivity index (χ0n) is 11.6. The Morgan fingerprint density at radius 1 is 1.29 bits per heavy atom. The lowest BCUT2D eigenvalue weighted by molar-refractivity contribution is -0.274. The van der Waals surface area contributed by atoms with E-state index in [1.165, 1.54) is 24.3 Å². The molecule has 1 heterocycles. The van der Waals surface area contributed by atoms with Gasteiger partial charge < -0.3 is 9.84 Å². The quantitative estimate of drug-likeness (QED) is 0.944. The van der Waals surface area contributed by atoms with E-state index in [2.05, 4.69) is 9.84 Å². The van der Waals surface area contributed by atoms with E-state index in [9.17, 15) is 18.3 Å². The van der Waals surface area contributed by atoms with Crippen LogP contribution in [-0.2, 0) is 13.5 Å². The molecule has 2 rings (SSSR count). The van der Waals surface area contributed by atoms with Crippen molar-refractivity contribution in [3.8, 4) is 5.75 Å². The first-order valence-electron chi connectivity index (χ1n) is 6.28. The maximum absolute atomic E-state index is 12.0. The molecule has 0 fully saturated rings. The molecule has 0 amide bonds. The van der Waals surface area contributed by atoms with E-state index in [1.54, 1.807) is 17.8 Å². The SMILES string of the molecule is Cc1cc(C(O)Cc2ccc(OC(F)(F)F)cc2)n(C)n1. The molecule has 114 valence electrons. The van der Waals surface area contributed by atoms with Crippen LogP contribution in [0.25, 0.3) is 0 Å². The molecule has 7 heteroatoms. The van der Waals surface area contributed by atoms with Gasteiger partial charge in [-0.3, -0.25) is 4.68 Å². The second kappa shape index (κ2) is 5.77. The summed E-state index contributed by atoms with van der Waals surface area (Å²) in [5.74, 6) is -0.280. The third-order valence-electron chi connectivity index (χ3n) is 2.97. The molecule has 0 aliphatic carbocycles. The summed E-state index contributed by atoms with van der Waals surface area (Å²) in [7, 11) is 1.73. The summed E-state index contributed by atoms with van der Waals surface area (Å²) in [6.45, 7) is 1.82. The molecule has 1 N–H and O–H groups in total. The second-order valence-corrected chi connectivity index (χ2v) is 4.75. The Morgan fingerprint density at radius 2 is 1.90 bits per heavy atom. The van der Waals surface area contributed by atoms with Crippen LogP contribution in [0.5, 0.6) is 5.75 Å². The van der Waals surface area contributed by atoms with Crippen molar-refractivity contribution in [1.82, 2.24) is 9.78 Å². The molecule has 0 spiro atoms. The molecular formula is C14H15F3N2O2. The van der Waals surface area contributed by atoms with Crippen molar-refractivity contribution in [1.29, 1.82) is 0 Å². The summed E-state index contributed by atoms with van der Waals surface area (Å²) in [4.78, 5) is 0. The van der Waals surface area contributed by atoms with E-state index in [1.807, 2.05) is 6.92 Å². The maximum atomic E-state index is 12.0. The highest BCUT2D eigenvalue weighted by atomic mass is 19.4. The molecular weight excluding hydrogens is 285 g/mol. The average molecular weight is 300 g/mol. The zero-order valence-corrected chi connectivity index (χ0v) is 11.6. The number of aliphatic hydroxyl groups is 1. The molecule has 2 aromatic rings. The standard InChI is InChI=1S/C14H15F3N2O2/c1-9-7-12(19(2)18-9)13(20)8-10-3-5-11(6-4-10)21-14(15,16)17/h3-7,13,20H,8H2,1-2H3. The lowest BCUT2D eigenvalue weighted by Crippen LogP contribution is -2.17. The van der Waals surface area contributed by atoms with Crippen LogP contribution in [0.1, 0.15) is 23.1 Å². The van der Waals surface area contributed by atoms with Crippen molar-refractivity contribution in [2.45, 2.75) is 25.8 Å². The summed E-state index contributed by atoms with van der Waals surface area (Å²) in [5.41, 5.74) is 2.15. The number of aryl methyl sites for hydroxylation is 2. The Hall–Kier alpha value is -2.02. The van der Waals surface area contributed by atoms with Crippen LogP contribution in [0.4, 0.5) is 13.2 Å². The number of aliphatic hydroxyl groups excluding tert-OH is 1. The van der Waals surface area contributed by atoms with Gasteiger partial charge in [-0.15, -0.1) is 13.2 Å². The lowest BCUT2D eigenvalue weighted by Gasteiger charge is -2.12.